The summed E-state index contributed by atoms with van der Waals surface area (Å²) in [4.78, 5) is 22.7. The highest BCUT2D eigenvalue weighted by Crippen LogP contribution is 2.64. The molecule has 2 aliphatic rings. The number of hydrogen-bond acceptors (Lipinski definition) is 3. The predicted octanol–water partition coefficient (Wildman–Crippen LogP) is 6.93. The minimum absolute atomic E-state index is 0.103. The molecule has 0 aromatic rings. The molecule has 0 spiro atoms. The Kier molecular flexibility index (Phi) is 8.68. The highest BCUT2D eigenvalue weighted by atomic mass is 32.2. The minimum atomic E-state index is -8.69. The van der Waals surface area contributed by atoms with Crippen LogP contribution in [0.3, 0.4) is 0 Å². The van der Waals surface area contributed by atoms with Crippen LogP contribution in [0.1, 0.15) is 19.3 Å². The van der Waals surface area contributed by atoms with Gasteiger partial charge in [0, 0.05) is 11.7 Å². The van der Waals surface area contributed by atoms with Gasteiger partial charge in [0.2, 0.25) is 0 Å². The Morgan fingerprint density at radius 1 is 0.585 bits per heavy atom. The molecule has 0 radical (unpaired) electrons. The standard InChI is InChI=1S/C19H15F17O4S/c20-12(21,1-2-41-7-4-5-3-6(7)9(11(39)40)8(5)10(37)38)13(22,23)14(24,25)15(26,27)16(28,29)17(30,31)18(32,33)19(34,35)36/h5-9H,1-4H2,(H,37,38)(H,39,40). The number of thioether (sulfide) groups is 1. The lowest BCUT2D eigenvalue weighted by molar-refractivity contribution is -0.461. The van der Waals surface area contributed by atoms with E-state index in [1.54, 1.807) is 0 Å². The first-order chi connectivity index (χ1) is 18.0. The molecule has 5 atom stereocenters. The first-order valence-corrected chi connectivity index (χ1v) is 11.8. The summed E-state index contributed by atoms with van der Waals surface area (Å²) in [6.07, 6.45) is -10.8. The fourth-order valence-electron chi connectivity index (χ4n) is 4.88. The van der Waals surface area contributed by atoms with Crippen molar-refractivity contribution in [1.29, 1.82) is 0 Å². The smallest absolute Gasteiger partial charge is 0.460 e. The molecule has 0 aliphatic heterocycles. The lowest BCUT2D eigenvalue weighted by Gasteiger charge is -2.42. The summed E-state index contributed by atoms with van der Waals surface area (Å²) >= 11 is 0.165. The first kappa shape index (κ1) is 35.3. The van der Waals surface area contributed by atoms with E-state index in [1.165, 1.54) is 0 Å². The maximum Gasteiger partial charge on any atom is 0.460 e. The van der Waals surface area contributed by atoms with Crippen LogP contribution in [0.4, 0.5) is 74.6 Å². The average molecular weight is 662 g/mol. The molecule has 0 heterocycles. The molecule has 2 saturated carbocycles. The summed E-state index contributed by atoms with van der Waals surface area (Å²) in [7, 11) is 0. The Hall–Kier alpha value is -1.90. The third kappa shape index (κ3) is 4.96. The van der Waals surface area contributed by atoms with Crippen LogP contribution in [-0.4, -0.2) is 80.8 Å². The second-order valence-electron chi connectivity index (χ2n) is 9.43. The molecule has 2 bridgehead atoms. The van der Waals surface area contributed by atoms with E-state index < -0.39 is 101 Å². The van der Waals surface area contributed by atoms with Crippen LogP contribution in [0.5, 0.6) is 0 Å². The van der Waals surface area contributed by atoms with E-state index in [-0.39, 0.29) is 24.6 Å². The number of carboxylic acid groups (broad SMARTS) is 2. The van der Waals surface area contributed by atoms with Crippen molar-refractivity contribution in [2.45, 2.75) is 72.1 Å². The highest BCUT2D eigenvalue weighted by Gasteiger charge is 2.95. The Bertz CT molecular complexity index is 1030. The van der Waals surface area contributed by atoms with Gasteiger partial charge in [0.1, 0.15) is 0 Å². The zero-order valence-corrected chi connectivity index (χ0v) is 20.1. The van der Waals surface area contributed by atoms with Crippen LogP contribution in [0.2, 0.25) is 0 Å². The minimum Gasteiger partial charge on any atom is -0.481 e. The van der Waals surface area contributed by atoms with Crippen LogP contribution in [0.15, 0.2) is 0 Å². The van der Waals surface area contributed by atoms with E-state index in [4.69, 9.17) is 5.11 Å². The van der Waals surface area contributed by atoms with E-state index in [9.17, 15) is 89.3 Å². The number of hydrogen-bond donors (Lipinski definition) is 2. The largest absolute Gasteiger partial charge is 0.481 e. The third-order valence-corrected chi connectivity index (χ3v) is 8.46. The number of carbonyl (C=O) groups is 2. The van der Waals surface area contributed by atoms with Crippen molar-refractivity contribution >= 4 is 23.7 Å². The van der Waals surface area contributed by atoms with Crippen molar-refractivity contribution in [3.05, 3.63) is 0 Å². The van der Waals surface area contributed by atoms with Crippen LogP contribution < -0.4 is 0 Å². The van der Waals surface area contributed by atoms with Gasteiger partial charge in [-0.15, -0.1) is 0 Å². The molecule has 0 aromatic carbocycles. The number of halogens is 17. The number of alkyl halides is 17. The third-order valence-electron chi connectivity index (χ3n) is 7.05. The van der Waals surface area contributed by atoms with Crippen molar-refractivity contribution in [2.24, 2.45) is 23.7 Å². The van der Waals surface area contributed by atoms with Gasteiger partial charge in [0.15, 0.2) is 0 Å². The van der Waals surface area contributed by atoms with Crippen LogP contribution in [-0.2, 0) is 9.59 Å². The number of fused-ring (bicyclic) bond motifs is 2. The first-order valence-electron chi connectivity index (χ1n) is 10.7. The molecular weight excluding hydrogens is 647 g/mol. The zero-order chi connectivity index (χ0) is 32.6. The summed E-state index contributed by atoms with van der Waals surface area (Å²) in [5.74, 6) is -66.3. The highest BCUT2D eigenvalue weighted by molar-refractivity contribution is 7.99. The average Bonchev–Trinajstić information content (AvgIpc) is 3.35. The number of rotatable bonds is 12. The van der Waals surface area contributed by atoms with Crippen molar-refractivity contribution < 1.29 is 94.4 Å². The SMILES string of the molecule is O=C(O)C1C2CC(SCCC(F)(F)C(F)(F)C(F)(F)C(F)(F)C(F)(F)C(F)(F)C(F)(F)C(F)(F)F)C(C2)C1C(=O)O. The summed E-state index contributed by atoms with van der Waals surface area (Å²) in [5, 5.41) is 17.3. The molecule has 2 fully saturated rings. The maximum absolute atomic E-state index is 14.1. The molecule has 240 valence electrons. The van der Waals surface area contributed by atoms with E-state index in [1.807, 2.05) is 0 Å². The van der Waals surface area contributed by atoms with Gasteiger partial charge in [-0.3, -0.25) is 9.59 Å². The Morgan fingerprint density at radius 3 is 1.37 bits per heavy atom. The van der Waals surface area contributed by atoms with Gasteiger partial charge < -0.3 is 10.2 Å². The number of carboxylic acids is 2. The lowest BCUT2D eigenvalue weighted by Crippen LogP contribution is -2.74. The molecule has 0 saturated heterocycles. The molecule has 2 rings (SSSR count). The van der Waals surface area contributed by atoms with Gasteiger partial charge in [0.25, 0.3) is 0 Å². The van der Waals surface area contributed by atoms with E-state index in [2.05, 4.69) is 0 Å². The van der Waals surface area contributed by atoms with Crippen LogP contribution >= 0.6 is 11.8 Å². The maximum atomic E-state index is 14.1. The van der Waals surface area contributed by atoms with Gasteiger partial charge in [0.05, 0.1) is 11.8 Å². The number of aliphatic carboxylic acids is 2. The second-order valence-corrected chi connectivity index (χ2v) is 10.8. The molecular formula is C19H15F17O4S. The molecule has 0 amide bonds. The zero-order valence-electron chi connectivity index (χ0n) is 19.3. The predicted molar refractivity (Wildman–Crippen MR) is 100 cm³/mol. The second kappa shape index (κ2) is 10.1. The van der Waals surface area contributed by atoms with Gasteiger partial charge in [-0.1, -0.05) is 0 Å². The lowest BCUT2D eigenvalue weighted by atomic mass is 9.79. The molecule has 41 heavy (non-hydrogen) atoms. The Morgan fingerprint density at radius 2 is 0.976 bits per heavy atom. The normalized spacial score (nSPS) is 26.9. The van der Waals surface area contributed by atoms with Crippen LogP contribution in [0, 0.1) is 23.7 Å². The topological polar surface area (TPSA) is 74.6 Å². The van der Waals surface area contributed by atoms with E-state index in [0.29, 0.717) is 0 Å². The molecule has 2 N–H and O–H groups in total. The Balaban J connectivity index is 2.28. The quantitative estimate of drug-likeness (QED) is 0.222. The van der Waals surface area contributed by atoms with Crippen molar-refractivity contribution in [3.8, 4) is 0 Å². The van der Waals surface area contributed by atoms with Gasteiger partial charge in [-0.05, 0) is 30.4 Å². The van der Waals surface area contributed by atoms with Gasteiger partial charge in [-0.25, -0.2) is 0 Å². The molecule has 0 aromatic heterocycles. The summed E-state index contributed by atoms with van der Waals surface area (Å²) in [6, 6.07) is 0. The van der Waals surface area contributed by atoms with Crippen molar-refractivity contribution in [3.63, 3.8) is 0 Å². The molecule has 2 aliphatic carbocycles. The molecule has 22 heteroatoms. The monoisotopic (exact) mass is 662 g/mol. The van der Waals surface area contributed by atoms with E-state index >= 15 is 0 Å². The summed E-state index contributed by atoms with van der Waals surface area (Å²) in [5.41, 5.74) is 0. The van der Waals surface area contributed by atoms with Gasteiger partial charge in [-0.2, -0.15) is 86.4 Å². The van der Waals surface area contributed by atoms with Crippen molar-refractivity contribution in [1.82, 2.24) is 0 Å². The summed E-state index contributed by atoms with van der Waals surface area (Å²) in [6.45, 7) is 0. The summed E-state index contributed by atoms with van der Waals surface area (Å²) < 4.78 is 227. The fourth-order valence-corrected chi connectivity index (χ4v) is 6.46. The van der Waals surface area contributed by atoms with Crippen molar-refractivity contribution in [2.75, 3.05) is 5.75 Å². The van der Waals surface area contributed by atoms with Crippen LogP contribution in [0.25, 0.3) is 0 Å². The Labute approximate surface area is 220 Å². The fraction of sp³-hybridized carbons (Fsp3) is 0.895. The van der Waals surface area contributed by atoms with E-state index in [0.717, 1.165) is 0 Å². The molecule has 5 unspecified atom stereocenters. The molecule has 4 nitrogen and oxygen atoms in total. The van der Waals surface area contributed by atoms with Gasteiger partial charge >= 0.3 is 59.6 Å².